The molecule has 0 saturated heterocycles. The molecule has 0 aromatic heterocycles. The van der Waals surface area contributed by atoms with Gasteiger partial charge in [0.1, 0.15) is 5.82 Å². The zero-order chi connectivity index (χ0) is 14.5. The SMILES string of the molecule is CNCC(Cc1ccc(F)cc1Cl)c1ccc(Cl)cc1. The molecule has 1 unspecified atom stereocenters. The molecular weight excluding hydrogens is 296 g/mol. The molecule has 0 amide bonds. The van der Waals surface area contributed by atoms with E-state index in [2.05, 4.69) is 5.32 Å². The molecule has 0 spiro atoms. The van der Waals surface area contributed by atoms with Crippen LogP contribution in [0.25, 0.3) is 0 Å². The highest BCUT2D eigenvalue weighted by atomic mass is 35.5. The zero-order valence-electron chi connectivity index (χ0n) is 11.2. The van der Waals surface area contributed by atoms with Gasteiger partial charge in [-0.3, -0.25) is 0 Å². The lowest BCUT2D eigenvalue weighted by atomic mass is 9.92. The van der Waals surface area contributed by atoms with E-state index >= 15 is 0 Å². The van der Waals surface area contributed by atoms with Crippen LogP contribution in [-0.4, -0.2) is 13.6 Å². The van der Waals surface area contributed by atoms with Crippen LogP contribution in [0.2, 0.25) is 10.0 Å². The summed E-state index contributed by atoms with van der Waals surface area (Å²) in [6, 6.07) is 12.3. The van der Waals surface area contributed by atoms with E-state index in [0.717, 1.165) is 23.6 Å². The maximum absolute atomic E-state index is 13.1. The van der Waals surface area contributed by atoms with Crippen LogP contribution in [0.5, 0.6) is 0 Å². The summed E-state index contributed by atoms with van der Waals surface area (Å²) >= 11 is 12.0. The van der Waals surface area contributed by atoms with Crippen LogP contribution >= 0.6 is 23.2 Å². The van der Waals surface area contributed by atoms with E-state index in [1.807, 2.05) is 31.3 Å². The monoisotopic (exact) mass is 311 g/mol. The first-order valence-corrected chi connectivity index (χ1v) is 7.19. The van der Waals surface area contributed by atoms with E-state index in [4.69, 9.17) is 23.2 Å². The van der Waals surface area contributed by atoms with Crippen molar-refractivity contribution in [3.8, 4) is 0 Å². The van der Waals surface area contributed by atoms with Crippen molar-refractivity contribution < 1.29 is 4.39 Å². The minimum absolute atomic E-state index is 0.264. The number of benzene rings is 2. The lowest BCUT2D eigenvalue weighted by Gasteiger charge is -2.18. The fraction of sp³-hybridized carbons (Fsp3) is 0.250. The van der Waals surface area contributed by atoms with E-state index in [1.54, 1.807) is 6.07 Å². The van der Waals surface area contributed by atoms with Crippen molar-refractivity contribution in [2.24, 2.45) is 0 Å². The van der Waals surface area contributed by atoms with E-state index in [9.17, 15) is 4.39 Å². The van der Waals surface area contributed by atoms with Crippen molar-refractivity contribution in [1.82, 2.24) is 5.32 Å². The fourth-order valence-electron chi connectivity index (χ4n) is 2.24. The lowest BCUT2D eigenvalue weighted by molar-refractivity contribution is 0.616. The quantitative estimate of drug-likeness (QED) is 0.845. The molecule has 2 aromatic carbocycles. The van der Waals surface area contributed by atoms with Gasteiger partial charge in [0.15, 0.2) is 0 Å². The van der Waals surface area contributed by atoms with Gasteiger partial charge in [-0.15, -0.1) is 0 Å². The Kier molecular flexibility index (Phi) is 5.41. The summed E-state index contributed by atoms with van der Waals surface area (Å²) < 4.78 is 13.1. The smallest absolute Gasteiger partial charge is 0.124 e. The van der Waals surface area contributed by atoms with Crippen LogP contribution in [0, 0.1) is 5.82 Å². The molecule has 0 fully saturated rings. The molecular formula is C16H16Cl2FN. The Balaban J connectivity index is 2.22. The highest BCUT2D eigenvalue weighted by Crippen LogP contribution is 2.26. The zero-order valence-corrected chi connectivity index (χ0v) is 12.7. The van der Waals surface area contributed by atoms with E-state index in [-0.39, 0.29) is 11.7 Å². The molecule has 2 rings (SSSR count). The third-order valence-electron chi connectivity index (χ3n) is 3.27. The molecule has 20 heavy (non-hydrogen) atoms. The van der Waals surface area contributed by atoms with Gasteiger partial charge >= 0.3 is 0 Å². The maximum atomic E-state index is 13.1. The second kappa shape index (κ2) is 7.07. The number of hydrogen-bond acceptors (Lipinski definition) is 1. The van der Waals surface area contributed by atoms with Gasteiger partial charge in [-0.25, -0.2) is 4.39 Å². The van der Waals surface area contributed by atoms with Crippen LogP contribution in [0.1, 0.15) is 17.0 Å². The number of rotatable bonds is 5. The molecule has 1 nitrogen and oxygen atoms in total. The Morgan fingerprint density at radius 1 is 1.10 bits per heavy atom. The average Bonchev–Trinajstić information content (AvgIpc) is 2.42. The summed E-state index contributed by atoms with van der Waals surface area (Å²) in [5, 5.41) is 4.37. The maximum Gasteiger partial charge on any atom is 0.124 e. The standard InChI is InChI=1S/C16H16Cl2FN/c1-20-10-13(11-2-5-14(17)6-3-11)8-12-4-7-15(19)9-16(12)18/h2-7,9,13,20H,8,10H2,1H3. The second-order valence-electron chi connectivity index (χ2n) is 4.75. The summed E-state index contributed by atoms with van der Waals surface area (Å²) in [6.45, 7) is 0.815. The van der Waals surface area contributed by atoms with Gasteiger partial charge in [0.05, 0.1) is 0 Å². The summed E-state index contributed by atoms with van der Waals surface area (Å²) in [5.74, 6) is -0.0457. The van der Waals surface area contributed by atoms with Crippen LogP contribution < -0.4 is 5.32 Å². The summed E-state index contributed by atoms with van der Waals surface area (Å²) in [5.41, 5.74) is 2.13. The molecule has 1 N–H and O–H groups in total. The van der Waals surface area contributed by atoms with Gasteiger partial charge in [0.2, 0.25) is 0 Å². The van der Waals surface area contributed by atoms with Crippen molar-refractivity contribution in [3.63, 3.8) is 0 Å². The lowest BCUT2D eigenvalue weighted by Crippen LogP contribution is -2.19. The topological polar surface area (TPSA) is 12.0 Å². The predicted molar refractivity (Wildman–Crippen MR) is 83.2 cm³/mol. The van der Waals surface area contributed by atoms with E-state index < -0.39 is 0 Å². The van der Waals surface area contributed by atoms with Crippen LogP contribution in [0.3, 0.4) is 0 Å². The summed E-state index contributed by atoms with van der Waals surface area (Å²) in [7, 11) is 1.91. The minimum Gasteiger partial charge on any atom is -0.319 e. The molecule has 1 atom stereocenters. The first kappa shape index (κ1) is 15.3. The molecule has 4 heteroatoms. The van der Waals surface area contributed by atoms with Crippen molar-refractivity contribution in [2.75, 3.05) is 13.6 Å². The van der Waals surface area contributed by atoms with E-state index in [0.29, 0.717) is 5.02 Å². The molecule has 106 valence electrons. The highest BCUT2D eigenvalue weighted by molar-refractivity contribution is 6.31. The first-order chi connectivity index (χ1) is 9.60. The van der Waals surface area contributed by atoms with Crippen molar-refractivity contribution in [2.45, 2.75) is 12.3 Å². The van der Waals surface area contributed by atoms with Crippen LogP contribution in [-0.2, 0) is 6.42 Å². The molecule has 0 heterocycles. The number of likely N-dealkylation sites (N-methyl/N-ethyl adjacent to an activating group) is 1. The molecule has 0 radical (unpaired) electrons. The van der Waals surface area contributed by atoms with Gasteiger partial charge in [0, 0.05) is 22.5 Å². The number of hydrogen-bond donors (Lipinski definition) is 1. The van der Waals surface area contributed by atoms with Gasteiger partial charge in [-0.1, -0.05) is 41.4 Å². The molecule has 0 bridgehead atoms. The van der Waals surface area contributed by atoms with Crippen molar-refractivity contribution in [3.05, 3.63) is 69.5 Å². The molecule has 0 aliphatic rings. The second-order valence-corrected chi connectivity index (χ2v) is 5.59. The molecule has 2 aromatic rings. The fourth-order valence-corrected chi connectivity index (χ4v) is 2.61. The predicted octanol–water partition coefficient (Wildman–Crippen LogP) is 4.68. The highest BCUT2D eigenvalue weighted by Gasteiger charge is 2.14. The first-order valence-electron chi connectivity index (χ1n) is 6.44. The molecule has 0 aliphatic carbocycles. The van der Waals surface area contributed by atoms with Gasteiger partial charge in [0.25, 0.3) is 0 Å². The van der Waals surface area contributed by atoms with Crippen molar-refractivity contribution in [1.29, 1.82) is 0 Å². The normalized spacial score (nSPS) is 12.4. The third kappa shape index (κ3) is 3.95. The van der Waals surface area contributed by atoms with Gasteiger partial charge in [-0.05, 0) is 48.9 Å². The largest absolute Gasteiger partial charge is 0.319 e. The summed E-state index contributed by atoms with van der Waals surface area (Å²) in [6.07, 6.45) is 0.752. The Morgan fingerprint density at radius 2 is 1.80 bits per heavy atom. The molecule has 0 saturated carbocycles. The Hall–Kier alpha value is -1.09. The van der Waals surface area contributed by atoms with Gasteiger partial charge < -0.3 is 5.32 Å². The van der Waals surface area contributed by atoms with Crippen molar-refractivity contribution >= 4 is 23.2 Å². The molecule has 0 aliphatic heterocycles. The van der Waals surface area contributed by atoms with E-state index in [1.165, 1.54) is 17.7 Å². The average molecular weight is 312 g/mol. The third-order valence-corrected chi connectivity index (χ3v) is 3.88. The number of halogens is 3. The minimum atomic E-state index is -0.310. The van der Waals surface area contributed by atoms with Crippen LogP contribution in [0.4, 0.5) is 4.39 Å². The Bertz CT molecular complexity index is 569. The Labute approximate surface area is 128 Å². The van der Waals surface area contributed by atoms with Gasteiger partial charge in [-0.2, -0.15) is 0 Å². The van der Waals surface area contributed by atoms with Crippen LogP contribution in [0.15, 0.2) is 42.5 Å². The Morgan fingerprint density at radius 3 is 2.40 bits per heavy atom. The summed E-state index contributed by atoms with van der Waals surface area (Å²) in [4.78, 5) is 0. The number of nitrogens with one attached hydrogen (secondary N) is 1.